The van der Waals surface area contributed by atoms with Gasteiger partial charge in [-0.05, 0) is 46.5 Å². The van der Waals surface area contributed by atoms with Crippen molar-refractivity contribution in [1.29, 1.82) is 0 Å². The minimum Gasteiger partial charge on any atom is -0.444 e. The number of hydrogen-bond donors (Lipinski definition) is 1. The third kappa shape index (κ3) is 5.59. The molecule has 1 saturated heterocycles. The maximum absolute atomic E-state index is 11.8. The van der Waals surface area contributed by atoms with E-state index in [0.717, 1.165) is 25.9 Å². The zero-order chi connectivity index (χ0) is 12.3. The maximum Gasteiger partial charge on any atom is 0.410 e. The van der Waals surface area contributed by atoms with Gasteiger partial charge < -0.3 is 15.4 Å². The fraction of sp³-hybridized carbons (Fsp3) is 0.917. The van der Waals surface area contributed by atoms with Crippen LogP contribution in [0.25, 0.3) is 0 Å². The Kier molecular flexibility index (Phi) is 6.27. The Bertz CT molecular complexity index is 243. The van der Waals surface area contributed by atoms with Gasteiger partial charge in [0.1, 0.15) is 5.60 Å². The zero-order valence-electron chi connectivity index (χ0n) is 11.2. The van der Waals surface area contributed by atoms with Crippen LogP contribution in [-0.2, 0) is 4.74 Å². The quantitative estimate of drug-likeness (QED) is 0.791. The lowest BCUT2D eigenvalue weighted by molar-refractivity contribution is 0.0176. The van der Waals surface area contributed by atoms with E-state index in [1.54, 1.807) is 4.90 Å². The monoisotopic (exact) mass is 264 g/mol. The van der Waals surface area contributed by atoms with Gasteiger partial charge in [-0.1, -0.05) is 0 Å². The van der Waals surface area contributed by atoms with Crippen molar-refractivity contribution in [2.24, 2.45) is 11.7 Å². The first-order valence-corrected chi connectivity index (χ1v) is 6.03. The molecule has 0 spiro atoms. The largest absolute Gasteiger partial charge is 0.444 e. The van der Waals surface area contributed by atoms with Crippen molar-refractivity contribution in [1.82, 2.24) is 4.90 Å². The normalized spacial score (nSPS) is 19.5. The predicted octanol–water partition coefficient (Wildman–Crippen LogP) is 2.40. The molecule has 1 atom stereocenters. The van der Waals surface area contributed by atoms with Crippen molar-refractivity contribution in [3.8, 4) is 0 Å². The molecule has 0 aliphatic carbocycles. The van der Waals surface area contributed by atoms with Crippen LogP contribution >= 0.6 is 12.4 Å². The topological polar surface area (TPSA) is 55.6 Å². The van der Waals surface area contributed by atoms with E-state index < -0.39 is 5.60 Å². The van der Waals surface area contributed by atoms with Gasteiger partial charge in [0.25, 0.3) is 0 Å². The molecular formula is C12H25ClN2O2. The Labute approximate surface area is 110 Å². The van der Waals surface area contributed by atoms with Crippen LogP contribution in [0.2, 0.25) is 0 Å². The summed E-state index contributed by atoms with van der Waals surface area (Å²) in [6.07, 6.45) is 1.77. The van der Waals surface area contributed by atoms with E-state index in [4.69, 9.17) is 10.5 Å². The van der Waals surface area contributed by atoms with E-state index >= 15 is 0 Å². The molecule has 5 heteroatoms. The minimum atomic E-state index is -0.408. The van der Waals surface area contributed by atoms with Crippen molar-refractivity contribution in [2.75, 3.05) is 13.1 Å². The number of carbonyl (C=O) groups is 1. The second-order valence-corrected chi connectivity index (χ2v) is 5.66. The van der Waals surface area contributed by atoms with E-state index in [1.165, 1.54) is 0 Å². The minimum absolute atomic E-state index is 0. The number of carbonyl (C=O) groups excluding carboxylic acids is 1. The number of piperidine rings is 1. The van der Waals surface area contributed by atoms with E-state index in [-0.39, 0.29) is 24.5 Å². The first-order chi connectivity index (χ1) is 7.29. The van der Waals surface area contributed by atoms with Crippen molar-refractivity contribution < 1.29 is 9.53 Å². The molecule has 2 N–H and O–H groups in total. The summed E-state index contributed by atoms with van der Waals surface area (Å²) >= 11 is 0. The van der Waals surface area contributed by atoms with Crippen LogP contribution in [0.1, 0.15) is 40.5 Å². The summed E-state index contributed by atoms with van der Waals surface area (Å²) in [4.78, 5) is 13.5. The molecule has 0 aromatic rings. The highest BCUT2D eigenvalue weighted by molar-refractivity contribution is 5.85. The number of nitrogens with zero attached hydrogens (tertiary/aromatic N) is 1. The third-order valence-electron chi connectivity index (χ3n) is 2.93. The standard InChI is InChI=1S/C12H24N2O2.ClH/c1-9(13)10-5-7-14(8-6-10)11(15)16-12(2,3)4;/h9-10H,5-8,13H2,1-4H3;1H. The SMILES string of the molecule is CC(N)C1CCN(C(=O)OC(C)(C)C)CC1.Cl. The lowest BCUT2D eigenvalue weighted by Crippen LogP contribution is -2.44. The highest BCUT2D eigenvalue weighted by atomic mass is 35.5. The van der Waals surface area contributed by atoms with E-state index in [1.807, 2.05) is 27.7 Å². The van der Waals surface area contributed by atoms with Gasteiger partial charge in [0.15, 0.2) is 0 Å². The Balaban J connectivity index is 0.00000256. The molecule has 0 saturated carbocycles. The Hall–Kier alpha value is -0.480. The smallest absolute Gasteiger partial charge is 0.410 e. The summed E-state index contributed by atoms with van der Waals surface area (Å²) in [6, 6.07) is 0.223. The number of amides is 1. The number of ether oxygens (including phenoxy) is 1. The lowest BCUT2D eigenvalue weighted by Gasteiger charge is -2.34. The van der Waals surface area contributed by atoms with E-state index in [0.29, 0.717) is 5.92 Å². The highest BCUT2D eigenvalue weighted by Gasteiger charge is 2.27. The van der Waals surface area contributed by atoms with Gasteiger partial charge >= 0.3 is 6.09 Å². The predicted molar refractivity (Wildman–Crippen MR) is 71.4 cm³/mol. The summed E-state index contributed by atoms with van der Waals surface area (Å²) in [5, 5.41) is 0. The van der Waals surface area contributed by atoms with E-state index in [9.17, 15) is 4.79 Å². The molecule has 17 heavy (non-hydrogen) atoms. The second-order valence-electron chi connectivity index (χ2n) is 5.66. The Morgan fingerprint density at radius 1 is 1.35 bits per heavy atom. The average Bonchev–Trinajstić information content (AvgIpc) is 2.15. The summed E-state index contributed by atoms with van der Waals surface area (Å²) in [7, 11) is 0. The number of hydrogen-bond acceptors (Lipinski definition) is 3. The maximum atomic E-state index is 11.8. The van der Waals surface area contributed by atoms with Crippen LogP contribution < -0.4 is 5.73 Å². The van der Waals surface area contributed by atoms with Crippen LogP contribution in [0.3, 0.4) is 0 Å². The number of nitrogens with two attached hydrogens (primary N) is 1. The number of halogens is 1. The first-order valence-electron chi connectivity index (χ1n) is 6.03. The average molecular weight is 265 g/mol. The summed E-state index contributed by atoms with van der Waals surface area (Å²) in [5.41, 5.74) is 5.45. The molecule has 1 amide bonds. The lowest BCUT2D eigenvalue weighted by atomic mass is 9.91. The summed E-state index contributed by atoms with van der Waals surface area (Å²) in [5.74, 6) is 0.540. The summed E-state index contributed by atoms with van der Waals surface area (Å²) in [6.45, 7) is 9.23. The van der Waals surface area contributed by atoms with Crippen LogP contribution in [0.15, 0.2) is 0 Å². The molecule has 1 heterocycles. The van der Waals surface area contributed by atoms with Crippen molar-refractivity contribution in [2.45, 2.75) is 52.2 Å². The van der Waals surface area contributed by atoms with Gasteiger partial charge in [-0.15, -0.1) is 12.4 Å². The number of likely N-dealkylation sites (tertiary alicyclic amines) is 1. The molecule has 1 fully saturated rings. The van der Waals surface area contributed by atoms with Gasteiger partial charge in [0.05, 0.1) is 0 Å². The van der Waals surface area contributed by atoms with Gasteiger partial charge in [-0.3, -0.25) is 0 Å². The molecule has 0 aromatic heterocycles. The van der Waals surface area contributed by atoms with Gasteiger partial charge in [0.2, 0.25) is 0 Å². The van der Waals surface area contributed by atoms with Crippen LogP contribution in [0.4, 0.5) is 4.79 Å². The molecule has 1 rings (SSSR count). The molecule has 1 aliphatic heterocycles. The van der Waals surface area contributed by atoms with Crippen molar-refractivity contribution in [3.05, 3.63) is 0 Å². The zero-order valence-corrected chi connectivity index (χ0v) is 12.0. The van der Waals surface area contributed by atoms with Crippen molar-refractivity contribution in [3.63, 3.8) is 0 Å². The molecule has 1 aliphatic rings. The fourth-order valence-corrected chi connectivity index (χ4v) is 1.93. The van der Waals surface area contributed by atoms with E-state index in [2.05, 4.69) is 0 Å². The fourth-order valence-electron chi connectivity index (χ4n) is 1.93. The molecule has 0 radical (unpaired) electrons. The van der Waals surface area contributed by atoms with Crippen LogP contribution in [0.5, 0.6) is 0 Å². The second kappa shape index (κ2) is 6.45. The van der Waals surface area contributed by atoms with Gasteiger partial charge in [-0.2, -0.15) is 0 Å². The van der Waals surface area contributed by atoms with Gasteiger partial charge in [0, 0.05) is 19.1 Å². The molecule has 0 bridgehead atoms. The Morgan fingerprint density at radius 2 is 1.82 bits per heavy atom. The highest BCUT2D eigenvalue weighted by Crippen LogP contribution is 2.21. The molecular weight excluding hydrogens is 240 g/mol. The van der Waals surface area contributed by atoms with Crippen LogP contribution in [0, 0.1) is 5.92 Å². The Morgan fingerprint density at radius 3 is 2.18 bits per heavy atom. The summed E-state index contributed by atoms with van der Waals surface area (Å²) < 4.78 is 5.33. The molecule has 102 valence electrons. The molecule has 0 aromatic carbocycles. The number of rotatable bonds is 1. The third-order valence-corrected chi connectivity index (χ3v) is 2.93. The van der Waals surface area contributed by atoms with Crippen LogP contribution in [-0.4, -0.2) is 35.7 Å². The first kappa shape index (κ1) is 16.5. The van der Waals surface area contributed by atoms with Crippen molar-refractivity contribution >= 4 is 18.5 Å². The molecule has 4 nitrogen and oxygen atoms in total. The molecule has 1 unspecified atom stereocenters. The van der Waals surface area contributed by atoms with Gasteiger partial charge in [-0.25, -0.2) is 4.79 Å².